The maximum atomic E-state index is 13.1. The summed E-state index contributed by atoms with van der Waals surface area (Å²) in [6.07, 6.45) is 0.753. The van der Waals surface area contributed by atoms with Crippen molar-refractivity contribution >= 4 is 27.1 Å². The number of nitrogens with zero attached hydrogens (tertiary/aromatic N) is 1. The predicted molar refractivity (Wildman–Crippen MR) is 51.2 cm³/mol. The molecule has 0 amide bonds. The third-order valence-electron chi connectivity index (χ3n) is 1.60. The van der Waals surface area contributed by atoms with Crippen LogP contribution in [0.5, 0.6) is 0 Å². The Morgan fingerprint density at radius 2 is 2.00 bits per heavy atom. The van der Waals surface area contributed by atoms with Gasteiger partial charge in [0.15, 0.2) is 9.84 Å². The molecule has 1 aromatic carbocycles. The van der Waals surface area contributed by atoms with Crippen molar-refractivity contribution < 1.29 is 17.7 Å². The van der Waals surface area contributed by atoms with E-state index in [4.69, 9.17) is 11.6 Å². The van der Waals surface area contributed by atoms with Gasteiger partial charge in [0, 0.05) is 18.4 Å². The molecule has 0 radical (unpaired) electrons. The van der Waals surface area contributed by atoms with E-state index in [1.165, 1.54) is 0 Å². The number of hydrogen-bond acceptors (Lipinski definition) is 4. The van der Waals surface area contributed by atoms with Crippen molar-refractivity contribution in [3.63, 3.8) is 0 Å². The molecule has 0 atom stereocenters. The molecule has 15 heavy (non-hydrogen) atoms. The van der Waals surface area contributed by atoms with Crippen LogP contribution >= 0.6 is 11.6 Å². The molecule has 1 rings (SSSR count). The maximum absolute atomic E-state index is 13.1. The molecule has 0 heterocycles. The molecule has 0 spiro atoms. The van der Waals surface area contributed by atoms with E-state index in [0.29, 0.717) is 12.1 Å². The Hall–Kier alpha value is -1.21. The van der Waals surface area contributed by atoms with Gasteiger partial charge in [-0.1, -0.05) is 11.6 Å². The van der Waals surface area contributed by atoms with E-state index in [1.807, 2.05) is 0 Å². The molecular formula is C7H5ClFNO4S. The Labute approximate surface area is 89.5 Å². The van der Waals surface area contributed by atoms with E-state index in [-0.39, 0.29) is 0 Å². The fourth-order valence-corrected chi connectivity index (χ4v) is 1.90. The molecule has 5 nitrogen and oxygen atoms in total. The number of sulfone groups is 1. The fraction of sp³-hybridized carbons (Fsp3) is 0.143. The summed E-state index contributed by atoms with van der Waals surface area (Å²) in [5.74, 6) is -1.10. The SMILES string of the molecule is CS(=O)(=O)c1cc([N+](=O)[O-])c(Cl)cc1F. The first-order valence-corrected chi connectivity index (χ1v) is 5.84. The Morgan fingerprint density at radius 3 is 2.40 bits per heavy atom. The van der Waals surface area contributed by atoms with Crippen LogP contribution in [-0.2, 0) is 9.84 Å². The summed E-state index contributed by atoms with van der Waals surface area (Å²) in [6.45, 7) is 0. The number of hydrogen-bond donors (Lipinski definition) is 0. The summed E-state index contributed by atoms with van der Waals surface area (Å²) in [6, 6.07) is 1.21. The van der Waals surface area contributed by atoms with Crippen LogP contribution in [0.2, 0.25) is 5.02 Å². The highest BCUT2D eigenvalue weighted by atomic mass is 35.5. The second-order valence-corrected chi connectivity index (χ2v) is 5.15. The van der Waals surface area contributed by atoms with Crippen molar-refractivity contribution in [2.45, 2.75) is 4.90 Å². The van der Waals surface area contributed by atoms with Gasteiger partial charge in [0.2, 0.25) is 0 Å². The summed E-state index contributed by atoms with van der Waals surface area (Å²) in [7, 11) is -3.84. The van der Waals surface area contributed by atoms with Gasteiger partial charge in [-0.3, -0.25) is 10.1 Å². The van der Waals surface area contributed by atoms with Gasteiger partial charge in [-0.15, -0.1) is 0 Å². The summed E-state index contributed by atoms with van der Waals surface area (Å²) < 4.78 is 35.2. The van der Waals surface area contributed by atoms with Crippen LogP contribution in [0.1, 0.15) is 0 Å². The molecule has 0 bridgehead atoms. The molecule has 8 heteroatoms. The normalized spacial score (nSPS) is 11.4. The van der Waals surface area contributed by atoms with E-state index in [0.717, 1.165) is 6.26 Å². The van der Waals surface area contributed by atoms with Gasteiger partial charge >= 0.3 is 0 Å². The Bertz CT molecular complexity index is 528. The Kier molecular flexibility index (Phi) is 2.96. The average Bonchev–Trinajstić information content (AvgIpc) is 2.00. The molecule has 1 aromatic rings. The maximum Gasteiger partial charge on any atom is 0.289 e. The lowest BCUT2D eigenvalue weighted by molar-refractivity contribution is -0.385. The van der Waals surface area contributed by atoms with Crippen molar-refractivity contribution in [3.05, 3.63) is 33.1 Å². The number of benzene rings is 1. The smallest absolute Gasteiger partial charge is 0.258 e. The summed E-state index contributed by atoms with van der Waals surface area (Å²) in [5.41, 5.74) is -0.640. The van der Waals surface area contributed by atoms with Gasteiger partial charge in [0.25, 0.3) is 5.69 Å². The molecule has 0 N–H and O–H groups in total. The first kappa shape index (κ1) is 11.9. The molecule has 0 aliphatic rings. The Morgan fingerprint density at radius 1 is 1.47 bits per heavy atom. The van der Waals surface area contributed by atoms with E-state index in [1.54, 1.807) is 0 Å². The summed E-state index contributed by atoms with van der Waals surface area (Å²) in [5, 5.41) is 9.98. The number of rotatable bonds is 2. The van der Waals surface area contributed by atoms with E-state index >= 15 is 0 Å². The van der Waals surface area contributed by atoms with Crippen molar-refractivity contribution in [2.24, 2.45) is 0 Å². The minimum absolute atomic E-state index is 0.440. The zero-order chi connectivity index (χ0) is 11.8. The van der Waals surface area contributed by atoms with Crippen LogP contribution in [0.4, 0.5) is 10.1 Å². The minimum Gasteiger partial charge on any atom is -0.258 e. The molecule has 0 unspecified atom stereocenters. The largest absolute Gasteiger partial charge is 0.289 e. The number of halogens is 2. The lowest BCUT2D eigenvalue weighted by atomic mass is 10.3. The van der Waals surface area contributed by atoms with Crippen molar-refractivity contribution in [1.29, 1.82) is 0 Å². The second kappa shape index (κ2) is 3.74. The van der Waals surface area contributed by atoms with Gasteiger partial charge in [0.1, 0.15) is 15.7 Å². The minimum atomic E-state index is -3.84. The summed E-state index contributed by atoms with van der Waals surface area (Å²) >= 11 is 5.37. The zero-order valence-electron chi connectivity index (χ0n) is 7.40. The number of nitro groups is 1. The highest BCUT2D eigenvalue weighted by molar-refractivity contribution is 7.90. The van der Waals surface area contributed by atoms with Crippen LogP contribution in [0.15, 0.2) is 17.0 Å². The monoisotopic (exact) mass is 253 g/mol. The topological polar surface area (TPSA) is 77.3 Å². The lowest BCUT2D eigenvalue weighted by Crippen LogP contribution is -2.02. The molecule has 0 aliphatic carbocycles. The quantitative estimate of drug-likeness (QED) is 0.595. The van der Waals surface area contributed by atoms with Crippen molar-refractivity contribution in [2.75, 3.05) is 6.26 Å². The van der Waals surface area contributed by atoms with Gasteiger partial charge in [-0.2, -0.15) is 0 Å². The molecule has 0 aromatic heterocycles. The number of nitro benzene ring substituents is 1. The molecular weight excluding hydrogens is 249 g/mol. The van der Waals surface area contributed by atoms with Crippen LogP contribution < -0.4 is 0 Å². The standard InChI is InChI=1S/C7H5ClFNO4S/c1-15(13,14)7-3-6(10(11)12)4(8)2-5(7)9/h2-3H,1H3. The van der Waals surface area contributed by atoms with Crippen LogP contribution in [-0.4, -0.2) is 19.6 Å². The molecule has 0 aliphatic heterocycles. The first-order chi connectivity index (χ1) is 6.73. The van der Waals surface area contributed by atoms with Crippen molar-refractivity contribution in [3.8, 4) is 0 Å². The van der Waals surface area contributed by atoms with Crippen molar-refractivity contribution in [1.82, 2.24) is 0 Å². The predicted octanol–water partition coefficient (Wildman–Crippen LogP) is 1.79. The van der Waals surface area contributed by atoms with Gasteiger partial charge in [0.05, 0.1) is 4.92 Å². The van der Waals surface area contributed by atoms with E-state index in [2.05, 4.69) is 0 Å². The lowest BCUT2D eigenvalue weighted by Gasteiger charge is -2.01. The Balaban J connectivity index is 3.58. The zero-order valence-corrected chi connectivity index (χ0v) is 8.97. The fourth-order valence-electron chi connectivity index (χ4n) is 0.942. The molecule has 0 saturated heterocycles. The van der Waals surface area contributed by atoms with Crippen LogP contribution in [0.3, 0.4) is 0 Å². The van der Waals surface area contributed by atoms with Crippen LogP contribution in [0.25, 0.3) is 0 Å². The molecule has 82 valence electrons. The first-order valence-electron chi connectivity index (χ1n) is 3.57. The average molecular weight is 254 g/mol. The van der Waals surface area contributed by atoms with Gasteiger partial charge in [-0.05, 0) is 0 Å². The van der Waals surface area contributed by atoms with Gasteiger partial charge < -0.3 is 0 Å². The van der Waals surface area contributed by atoms with Gasteiger partial charge in [-0.25, -0.2) is 12.8 Å². The highest BCUT2D eigenvalue weighted by Gasteiger charge is 2.22. The van der Waals surface area contributed by atoms with E-state index < -0.39 is 36.2 Å². The molecule has 0 saturated carbocycles. The third-order valence-corrected chi connectivity index (χ3v) is 3.01. The molecule has 0 fully saturated rings. The summed E-state index contributed by atoms with van der Waals surface area (Å²) in [4.78, 5) is 8.80. The van der Waals surface area contributed by atoms with E-state index in [9.17, 15) is 22.9 Å². The second-order valence-electron chi connectivity index (χ2n) is 2.76. The van der Waals surface area contributed by atoms with Crippen LogP contribution in [0, 0.1) is 15.9 Å². The highest BCUT2D eigenvalue weighted by Crippen LogP contribution is 2.29. The third kappa shape index (κ3) is 2.42.